The van der Waals surface area contributed by atoms with E-state index < -0.39 is 0 Å². The number of hydrogen-bond donors (Lipinski definition) is 1. The van der Waals surface area contributed by atoms with Crippen molar-refractivity contribution in [2.24, 2.45) is 0 Å². The van der Waals surface area contributed by atoms with Gasteiger partial charge in [0.15, 0.2) is 0 Å². The number of rotatable bonds is 3. The smallest absolute Gasteiger partial charge is 0.220 e. The molecule has 2 aromatic heterocycles. The summed E-state index contributed by atoms with van der Waals surface area (Å²) in [5.41, 5.74) is 9.14. The van der Waals surface area contributed by atoms with Gasteiger partial charge in [-0.1, -0.05) is 28.1 Å². The van der Waals surface area contributed by atoms with Crippen molar-refractivity contribution >= 4 is 32.8 Å². The van der Waals surface area contributed by atoms with Gasteiger partial charge in [0, 0.05) is 41.3 Å². The molecule has 0 spiro atoms. The van der Waals surface area contributed by atoms with Crippen molar-refractivity contribution in [3.63, 3.8) is 0 Å². The molecule has 128 valence electrons. The second-order valence-corrected chi connectivity index (χ2v) is 7.37. The number of anilines is 1. The molecular weight excluding hydrogens is 378 g/mol. The number of nitrogens with zero attached hydrogens (tertiary/aromatic N) is 4. The zero-order valence-corrected chi connectivity index (χ0v) is 15.5. The van der Waals surface area contributed by atoms with Gasteiger partial charge in [0.2, 0.25) is 5.95 Å². The Kier molecular flexibility index (Phi) is 4.63. The highest BCUT2D eigenvalue weighted by Gasteiger charge is 2.23. The van der Waals surface area contributed by atoms with Gasteiger partial charge < -0.3 is 5.73 Å². The van der Waals surface area contributed by atoms with Gasteiger partial charge in [0.1, 0.15) is 0 Å². The molecule has 6 heteroatoms. The summed E-state index contributed by atoms with van der Waals surface area (Å²) < 4.78 is 1.09. The summed E-state index contributed by atoms with van der Waals surface area (Å²) in [4.78, 5) is 15.5. The van der Waals surface area contributed by atoms with E-state index in [2.05, 4.69) is 54.0 Å². The van der Waals surface area contributed by atoms with Crippen LogP contribution in [0.5, 0.6) is 0 Å². The molecule has 0 amide bonds. The molecule has 0 radical (unpaired) electrons. The van der Waals surface area contributed by atoms with E-state index in [1.54, 1.807) is 6.20 Å². The molecular formula is C19H20BrN5. The lowest BCUT2D eigenvalue weighted by Crippen LogP contribution is -2.34. The number of nitrogen functional groups attached to an aromatic ring is 1. The van der Waals surface area contributed by atoms with Gasteiger partial charge in [0.05, 0.1) is 11.2 Å². The van der Waals surface area contributed by atoms with Crippen LogP contribution in [0.25, 0.3) is 10.9 Å². The maximum absolute atomic E-state index is 5.75. The largest absolute Gasteiger partial charge is 0.368 e. The van der Waals surface area contributed by atoms with Crippen LogP contribution in [0.3, 0.4) is 0 Å². The van der Waals surface area contributed by atoms with Gasteiger partial charge in [-0.25, -0.2) is 9.97 Å². The van der Waals surface area contributed by atoms with Gasteiger partial charge in [-0.2, -0.15) is 0 Å². The first-order valence-corrected chi connectivity index (χ1v) is 9.33. The maximum atomic E-state index is 5.75. The number of halogens is 1. The van der Waals surface area contributed by atoms with E-state index in [9.17, 15) is 0 Å². The predicted molar refractivity (Wildman–Crippen MR) is 103 cm³/mol. The van der Waals surface area contributed by atoms with Gasteiger partial charge in [0.25, 0.3) is 0 Å². The minimum absolute atomic E-state index is 0.359. The second kappa shape index (κ2) is 7.06. The molecule has 0 aliphatic carbocycles. The standard InChI is InChI=1S/C19H20BrN5/c20-16-6-5-14(18-15(16)4-1-8-22-18)12-25-10-2-3-13(11-25)17-7-9-23-19(21)24-17/h1,4-9,13H,2-3,10-12H2,(H2,21,23,24). The first-order chi connectivity index (χ1) is 12.2. The third-order valence-electron chi connectivity index (χ3n) is 4.81. The summed E-state index contributed by atoms with van der Waals surface area (Å²) in [5, 5.41) is 1.16. The molecule has 1 atom stereocenters. The molecule has 1 aromatic carbocycles. The van der Waals surface area contributed by atoms with Crippen LogP contribution >= 0.6 is 15.9 Å². The average molecular weight is 398 g/mol. The summed E-state index contributed by atoms with van der Waals surface area (Å²) >= 11 is 3.62. The van der Waals surface area contributed by atoms with Gasteiger partial charge in [-0.15, -0.1) is 0 Å². The van der Waals surface area contributed by atoms with Crippen LogP contribution in [0.2, 0.25) is 0 Å². The summed E-state index contributed by atoms with van der Waals surface area (Å²) in [5.74, 6) is 0.770. The zero-order chi connectivity index (χ0) is 17.2. The van der Waals surface area contributed by atoms with Gasteiger partial charge in [-0.05, 0) is 43.1 Å². The fourth-order valence-electron chi connectivity index (χ4n) is 3.62. The molecule has 2 N–H and O–H groups in total. The number of benzene rings is 1. The fourth-order valence-corrected chi connectivity index (χ4v) is 4.07. The first kappa shape index (κ1) is 16.4. The van der Waals surface area contributed by atoms with E-state index in [-0.39, 0.29) is 0 Å². The second-order valence-electron chi connectivity index (χ2n) is 6.52. The highest BCUT2D eigenvalue weighted by molar-refractivity contribution is 9.10. The number of likely N-dealkylation sites (tertiary alicyclic amines) is 1. The lowest BCUT2D eigenvalue weighted by molar-refractivity contribution is 0.199. The van der Waals surface area contributed by atoms with Crippen LogP contribution in [-0.4, -0.2) is 32.9 Å². The summed E-state index contributed by atoms with van der Waals surface area (Å²) in [6, 6.07) is 10.4. The number of piperidine rings is 1. The Morgan fingerprint density at radius 2 is 2.08 bits per heavy atom. The topological polar surface area (TPSA) is 67.9 Å². The van der Waals surface area contributed by atoms with Crippen molar-refractivity contribution in [3.05, 3.63) is 58.5 Å². The molecule has 1 saturated heterocycles. The van der Waals surface area contributed by atoms with E-state index >= 15 is 0 Å². The van der Waals surface area contributed by atoms with Crippen molar-refractivity contribution in [3.8, 4) is 0 Å². The molecule has 25 heavy (non-hydrogen) atoms. The molecule has 4 rings (SSSR count). The number of fused-ring (bicyclic) bond motifs is 1. The number of hydrogen-bond acceptors (Lipinski definition) is 5. The normalized spacial score (nSPS) is 18.5. The quantitative estimate of drug-likeness (QED) is 0.728. The number of aromatic nitrogens is 3. The summed E-state index contributed by atoms with van der Waals surface area (Å²) in [7, 11) is 0. The Bertz CT molecular complexity index is 898. The first-order valence-electron chi connectivity index (χ1n) is 8.53. The molecule has 0 bridgehead atoms. The van der Waals surface area contributed by atoms with Crippen molar-refractivity contribution < 1.29 is 0 Å². The van der Waals surface area contributed by atoms with E-state index in [1.807, 2.05) is 18.3 Å². The Balaban J connectivity index is 1.56. The SMILES string of the molecule is Nc1nccc(C2CCCN(Cc3ccc(Br)c4cccnc34)C2)n1. The molecule has 1 aliphatic heterocycles. The van der Waals surface area contributed by atoms with Crippen LogP contribution in [0.4, 0.5) is 5.95 Å². The summed E-state index contributed by atoms with van der Waals surface area (Å²) in [6.45, 7) is 2.99. The molecule has 1 fully saturated rings. The molecule has 3 aromatic rings. The van der Waals surface area contributed by atoms with Crippen molar-refractivity contribution in [2.45, 2.75) is 25.3 Å². The Morgan fingerprint density at radius 3 is 2.96 bits per heavy atom. The monoisotopic (exact) mass is 397 g/mol. The molecule has 3 heterocycles. The minimum Gasteiger partial charge on any atom is -0.368 e. The summed E-state index contributed by atoms with van der Waals surface area (Å²) in [6.07, 6.45) is 5.92. The number of pyridine rings is 1. The van der Waals surface area contributed by atoms with Crippen LogP contribution in [0.15, 0.2) is 47.2 Å². The van der Waals surface area contributed by atoms with Gasteiger partial charge >= 0.3 is 0 Å². The third kappa shape index (κ3) is 3.50. The minimum atomic E-state index is 0.359. The number of nitrogens with two attached hydrogens (primary N) is 1. The lowest BCUT2D eigenvalue weighted by atomic mass is 9.94. The average Bonchev–Trinajstić information content (AvgIpc) is 2.65. The van der Waals surface area contributed by atoms with Crippen LogP contribution in [-0.2, 0) is 6.54 Å². The highest BCUT2D eigenvalue weighted by atomic mass is 79.9. The molecule has 1 aliphatic rings. The lowest BCUT2D eigenvalue weighted by Gasteiger charge is -2.32. The third-order valence-corrected chi connectivity index (χ3v) is 5.51. The Labute approximate surface area is 155 Å². The van der Waals surface area contributed by atoms with Gasteiger partial charge in [-0.3, -0.25) is 9.88 Å². The Hall–Kier alpha value is -2.05. The molecule has 1 unspecified atom stereocenters. The van der Waals surface area contributed by atoms with Crippen LogP contribution in [0, 0.1) is 0 Å². The van der Waals surface area contributed by atoms with E-state index in [0.717, 1.165) is 53.5 Å². The predicted octanol–water partition coefficient (Wildman–Crippen LogP) is 3.75. The zero-order valence-electron chi connectivity index (χ0n) is 13.9. The van der Waals surface area contributed by atoms with Crippen LogP contribution in [0.1, 0.15) is 30.0 Å². The van der Waals surface area contributed by atoms with E-state index in [1.165, 1.54) is 5.56 Å². The van der Waals surface area contributed by atoms with Crippen molar-refractivity contribution in [2.75, 3.05) is 18.8 Å². The van der Waals surface area contributed by atoms with E-state index in [4.69, 9.17) is 5.73 Å². The maximum Gasteiger partial charge on any atom is 0.220 e. The van der Waals surface area contributed by atoms with Crippen molar-refractivity contribution in [1.82, 2.24) is 19.9 Å². The Morgan fingerprint density at radius 1 is 1.16 bits per heavy atom. The van der Waals surface area contributed by atoms with E-state index in [0.29, 0.717) is 11.9 Å². The highest BCUT2D eigenvalue weighted by Crippen LogP contribution is 2.29. The fraction of sp³-hybridized carbons (Fsp3) is 0.316. The molecule has 0 saturated carbocycles. The van der Waals surface area contributed by atoms with Crippen LogP contribution < -0.4 is 5.73 Å². The molecule has 5 nitrogen and oxygen atoms in total. The van der Waals surface area contributed by atoms with Crippen molar-refractivity contribution in [1.29, 1.82) is 0 Å².